The van der Waals surface area contributed by atoms with Gasteiger partial charge in [0.1, 0.15) is 0 Å². The van der Waals surface area contributed by atoms with Gasteiger partial charge in [0, 0.05) is 31.5 Å². The van der Waals surface area contributed by atoms with Gasteiger partial charge in [-0.15, -0.1) is 0 Å². The van der Waals surface area contributed by atoms with E-state index in [9.17, 15) is 9.59 Å². The van der Waals surface area contributed by atoms with E-state index in [2.05, 4.69) is 67.7 Å². The predicted molar refractivity (Wildman–Crippen MR) is 126 cm³/mol. The molecule has 2 aromatic carbocycles. The number of nitrogens with one attached hydrogen (secondary N) is 1. The number of carbonyl (C=O) groups is 2. The topological polar surface area (TPSA) is 62.3 Å². The van der Waals surface area contributed by atoms with Crippen molar-refractivity contribution in [2.75, 3.05) is 18.4 Å². The predicted octanol–water partition coefficient (Wildman–Crippen LogP) is 5.29. The van der Waals surface area contributed by atoms with Crippen LogP contribution in [0.2, 0.25) is 0 Å². The van der Waals surface area contributed by atoms with E-state index in [0.717, 1.165) is 21.7 Å². The molecule has 1 aliphatic rings. The lowest BCUT2D eigenvalue weighted by molar-refractivity contribution is -0.132. The van der Waals surface area contributed by atoms with Gasteiger partial charge in [0.15, 0.2) is 5.13 Å². The monoisotopic (exact) mass is 433 g/mol. The lowest BCUT2D eigenvalue weighted by Gasteiger charge is -2.30. The highest BCUT2D eigenvalue weighted by atomic mass is 32.1. The van der Waals surface area contributed by atoms with Crippen molar-refractivity contribution in [3.05, 3.63) is 59.7 Å². The molecule has 6 heteroatoms. The maximum Gasteiger partial charge on any atom is 0.229 e. The molecule has 160 valence electrons. The highest BCUT2D eigenvalue weighted by molar-refractivity contribution is 7.19. The van der Waals surface area contributed by atoms with Crippen molar-refractivity contribution in [2.45, 2.75) is 33.6 Å². The second kappa shape index (κ2) is 9.02. The van der Waals surface area contributed by atoms with Crippen LogP contribution >= 0.6 is 11.3 Å². The van der Waals surface area contributed by atoms with E-state index in [4.69, 9.17) is 4.98 Å². The van der Waals surface area contributed by atoms with Gasteiger partial charge in [-0.3, -0.25) is 9.59 Å². The molecule has 1 N–H and O–H groups in total. The first-order chi connectivity index (χ1) is 14.9. The number of hydrogen-bond donors (Lipinski definition) is 1. The number of nitrogens with zero attached hydrogens (tertiary/aromatic N) is 2. The van der Waals surface area contributed by atoms with Gasteiger partial charge in [0.2, 0.25) is 11.8 Å². The van der Waals surface area contributed by atoms with Gasteiger partial charge < -0.3 is 10.2 Å². The maximum absolute atomic E-state index is 12.9. The average Bonchev–Trinajstić information content (AvgIpc) is 3.18. The number of anilines is 1. The number of carbonyl (C=O) groups excluding carboxylic acids is 2. The molecule has 0 saturated carbocycles. The third-order valence-corrected chi connectivity index (χ3v) is 6.83. The number of hydrogen-bond acceptors (Lipinski definition) is 4. The first kappa shape index (κ1) is 21.2. The van der Waals surface area contributed by atoms with Crippen LogP contribution in [0.25, 0.3) is 21.7 Å². The van der Waals surface area contributed by atoms with Crippen LogP contribution in [0.1, 0.15) is 30.9 Å². The van der Waals surface area contributed by atoms with E-state index in [1.54, 1.807) is 11.8 Å². The van der Waals surface area contributed by atoms with Gasteiger partial charge in [-0.05, 0) is 32.3 Å². The summed E-state index contributed by atoms with van der Waals surface area (Å²) in [4.78, 5) is 32.1. The molecule has 5 nitrogen and oxygen atoms in total. The zero-order valence-corrected chi connectivity index (χ0v) is 19.0. The average molecular weight is 434 g/mol. The molecule has 0 spiro atoms. The third kappa shape index (κ3) is 4.85. The van der Waals surface area contributed by atoms with Crippen LogP contribution in [0, 0.1) is 19.8 Å². The fourth-order valence-corrected chi connectivity index (χ4v) is 4.84. The lowest BCUT2D eigenvalue weighted by Crippen LogP contribution is -2.40. The van der Waals surface area contributed by atoms with Gasteiger partial charge in [0.25, 0.3) is 0 Å². The summed E-state index contributed by atoms with van der Waals surface area (Å²) in [5.74, 6) is -0.0303. The van der Waals surface area contributed by atoms with Crippen LogP contribution in [0.3, 0.4) is 0 Å². The number of aryl methyl sites for hydroxylation is 2. The number of rotatable bonds is 4. The summed E-state index contributed by atoms with van der Waals surface area (Å²) in [6.45, 7) is 6.98. The first-order valence-electron chi connectivity index (χ1n) is 10.6. The molecule has 4 rings (SSSR count). The van der Waals surface area contributed by atoms with Crippen LogP contribution in [-0.2, 0) is 9.59 Å². The second-order valence-corrected chi connectivity index (χ2v) is 9.20. The highest BCUT2D eigenvalue weighted by Crippen LogP contribution is 2.39. The van der Waals surface area contributed by atoms with Gasteiger partial charge in [0.05, 0.1) is 10.6 Å². The molecule has 2 amide bonds. The van der Waals surface area contributed by atoms with Gasteiger partial charge in [-0.2, -0.15) is 0 Å². The molecule has 31 heavy (non-hydrogen) atoms. The summed E-state index contributed by atoms with van der Waals surface area (Å²) >= 11 is 1.51. The Kier molecular flexibility index (Phi) is 6.18. The minimum absolute atomic E-state index is 0.0112. The van der Waals surface area contributed by atoms with Crippen molar-refractivity contribution in [3.63, 3.8) is 0 Å². The maximum atomic E-state index is 12.9. The van der Waals surface area contributed by atoms with E-state index < -0.39 is 0 Å². The molecule has 0 unspecified atom stereocenters. The fourth-order valence-electron chi connectivity index (χ4n) is 3.85. The summed E-state index contributed by atoms with van der Waals surface area (Å²) in [7, 11) is 0. The van der Waals surface area contributed by atoms with Crippen molar-refractivity contribution < 1.29 is 9.59 Å². The summed E-state index contributed by atoms with van der Waals surface area (Å²) < 4.78 is 0. The lowest BCUT2D eigenvalue weighted by atomic mass is 9.96. The molecule has 0 bridgehead atoms. The Bertz CT molecular complexity index is 1020. The minimum Gasteiger partial charge on any atom is -0.343 e. The van der Waals surface area contributed by atoms with Gasteiger partial charge >= 0.3 is 0 Å². The summed E-state index contributed by atoms with van der Waals surface area (Å²) in [5.41, 5.74) is 5.41. The highest BCUT2D eigenvalue weighted by Gasteiger charge is 2.27. The molecule has 1 aromatic heterocycles. The van der Waals surface area contributed by atoms with Crippen LogP contribution in [0.4, 0.5) is 5.13 Å². The van der Waals surface area contributed by atoms with Gasteiger partial charge in [-0.1, -0.05) is 71.0 Å². The molecule has 0 aliphatic carbocycles. The Morgan fingerprint density at radius 2 is 1.48 bits per heavy atom. The number of piperidine rings is 1. The number of aromatic nitrogens is 1. The Morgan fingerprint density at radius 3 is 2.03 bits per heavy atom. The summed E-state index contributed by atoms with van der Waals surface area (Å²) in [5, 5.41) is 3.66. The zero-order valence-electron chi connectivity index (χ0n) is 18.1. The van der Waals surface area contributed by atoms with E-state index >= 15 is 0 Å². The molecule has 0 atom stereocenters. The molecule has 2 heterocycles. The third-order valence-electron chi connectivity index (χ3n) is 5.81. The summed E-state index contributed by atoms with van der Waals surface area (Å²) in [6.07, 6.45) is 1.37. The van der Waals surface area contributed by atoms with Crippen LogP contribution in [-0.4, -0.2) is 34.8 Å². The quantitative estimate of drug-likeness (QED) is 0.608. The van der Waals surface area contributed by atoms with Crippen molar-refractivity contribution >= 4 is 28.3 Å². The van der Waals surface area contributed by atoms with E-state index in [0.29, 0.717) is 31.1 Å². The molecule has 1 aliphatic heterocycles. The first-order valence-corrected chi connectivity index (χ1v) is 11.4. The Morgan fingerprint density at radius 1 is 0.935 bits per heavy atom. The fraction of sp³-hybridized carbons (Fsp3) is 0.320. The Labute approximate surface area is 187 Å². The smallest absolute Gasteiger partial charge is 0.229 e. The van der Waals surface area contributed by atoms with E-state index in [-0.39, 0.29) is 17.7 Å². The molecule has 1 fully saturated rings. The summed E-state index contributed by atoms with van der Waals surface area (Å²) in [6, 6.07) is 16.7. The number of amides is 2. The number of thiazole rings is 1. The molecule has 3 aromatic rings. The molecular formula is C25H27N3O2S. The van der Waals surface area contributed by atoms with Gasteiger partial charge in [-0.25, -0.2) is 4.98 Å². The Hall–Kier alpha value is -2.99. The van der Waals surface area contributed by atoms with Crippen molar-refractivity contribution in [3.8, 4) is 21.7 Å². The SMILES string of the molecule is CC(=O)N1CCC(C(=O)Nc2nc(-c3ccc(C)cc3)c(-c3ccc(C)cc3)s2)CC1. The van der Waals surface area contributed by atoms with Crippen molar-refractivity contribution in [1.29, 1.82) is 0 Å². The van der Waals surface area contributed by atoms with Crippen molar-refractivity contribution in [2.24, 2.45) is 5.92 Å². The van der Waals surface area contributed by atoms with E-state index in [1.807, 2.05) is 0 Å². The number of likely N-dealkylation sites (tertiary alicyclic amines) is 1. The normalized spacial score (nSPS) is 14.5. The van der Waals surface area contributed by atoms with Crippen LogP contribution in [0.15, 0.2) is 48.5 Å². The van der Waals surface area contributed by atoms with E-state index in [1.165, 1.54) is 22.5 Å². The molecule has 1 saturated heterocycles. The number of benzene rings is 2. The molecular weight excluding hydrogens is 406 g/mol. The van der Waals surface area contributed by atoms with Crippen LogP contribution in [0.5, 0.6) is 0 Å². The second-order valence-electron chi connectivity index (χ2n) is 8.20. The van der Waals surface area contributed by atoms with Crippen molar-refractivity contribution in [1.82, 2.24) is 9.88 Å². The largest absolute Gasteiger partial charge is 0.343 e. The Balaban J connectivity index is 1.59. The minimum atomic E-state index is -0.0925. The molecule has 0 radical (unpaired) electrons. The zero-order chi connectivity index (χ0) is 22.0. The standard InChI is InChI=1S/C25H27N3O2S/c1-16-4-8-19(9-5-16)22-23(20-10-6-17(2)7-11-20)31-25(26-22)27-24(30)21-12-14-28(15-13-21)18(3)29/h4-11,21H,12-15H2,1-3H3,(H,26,27,30). The van der Waals surface area contributed by atoms with Crippen LogP contribution < -0.4 is 5.32 Å².